The molecule has 7 heteroatoms. The van der Waals surface area contributed by atoms with Crippen LogP contribution in [0.5, 0.6) is 0 Å². The quantitative estimate of drug-likeness (QED) is 0.863. The van der Waals surface area contributed by atoms with E-state index in [2.05, 4.69) is 10.0 Å². The lowest BCUT2D eigenvalue weighted by molar-refractivity contribution is 0.560. The van der Waals surface area contributed by atoms with Crippen LogP contribution in [0.1, 0.15) is 12.0 Å². The van der Waals surface area contributed by atoms with Gasteiger partial charge in [0.25, 0.3) is 0 Å². The molecule has 0 amide bonds. The van der Waals surface area contributed by atoms with Gasteiger partial charge in [-0.2, -0.15) is 5.26 Å². The van der Waals surface area contributed by atoms with Crippen molar-refractivity contribution in [2.24, 2.45) is 0 Å². The van der Waals surface area contributed by atoms with Crippen molar-refractivity contribution in [1.29, 1.82) is 5.26 Å². The summed E-state index contributed by atoms with van der Waals surface area (Å²) in [4.78, 5) is 0.0651. The highest BCUT2D eigenvalue weighted by Crippen LogP contribution is 2.20. The van der Waals surface area contributed by atoms with Gasteiger partial charge in [-0.3, -0.25) is 0 Å². The Hall–Kier alpha value is -1.13. The van der Waals surface area contributed by atoms with Gasteiger partial charge in [0.05, 0.1) is 15.5 Å². The Bertz CT molecular complexity index is 589. The second-order valence-corrected chi connectivity index (χ2v) is 6.19. The Morgan fingerprint density at radius 2 is 2.28 bits per heavy atom. The van der Waals surface area contributed by atoms with Gasteiger partial charge in [-0.05, 0) is 31.2 Å². The molecule has 2 N–H and O–H groups in total. The molecule has 1 aromatic rings. The summed E-state index contributed by atoms with van der Waals surface area (Å²) in [7, 11) is -3.59. The lowest BCUT2D eigenvalue weighted by Crippen LogP contribution is -2.36. The van der Waals surface area contributed by atoms with E-state index in [1.165, 1.54) is 18.2 Å². The number of sulfonamides is 1. The first-order chi connectivity index (χ1) is 8.53. The van der Waals surface area contributed by atoms with E-state index in [9.17, 15) is 8.42 Å². The number of hydrogen-bond donors (Lipinski definition) is 2. The smallest absolute Gasteiger partial charge is 0.240 e. The number of nitrogens with zero attached hydrogens (tertiary/aromatic N) is 1. The molecule has 96 valence electrons. The zero-order valence-corrected chi connectivity index (χ0v) is 11.1. The summed E-state index contributed by atoms with van der Waals surface area (Å²) < 4.78 is 26.8. The van der Waals surface area contributed by atoms with Gasteiger partial charge in [0, 0.05) is 12.6 Å². The van der Waals surface area contributed by atoms with Crippen LogP contribution in [-0.2, 0) is 10.0 Å². The lowest BCUT2D eigenvalue weighted by atomic mass is 10.2. The number of nitriles is 1. The highest BCUT2D eigenvalue weighted by molar-refractivity contribution is 7.89. The minimum atomic E-state index is -3.59. The first kappa shape index (κ1) is 13.3. The molecule has 2 rings (SSSR count). The van der Waals surface area contributed by atoms with Crippen LogP contribution in [0, 0.1) is 11.3 Å². The number of hydrogen-bond acceptors (Lipinski definition) is 4. The van der Waals surface area contributed by atoms with Crippen LogP contribution in [0.4, 0.5) is 0 Å². The van der Waals surface area contributed by atoms with E-state index in [0.717, 1.165) is 13.0 Å². The highest BCUT2D eigenvalue weighted by Gasteiger charge is 2.23. The van der Waals surface area contributed by atoms with Gasteiger partial charge in [-0.25, -0.2) is 13.1 Å². The Morgan fingerprint density at radius 1 is 1.50 bits per heavy atom. The fourth-order valence-electron chi connectivity index (χ4n) is 1.80. The van der Waals surface area contributed by atoms with E-state index in [1.807, 2.05) is 6.07 Å². The molecular weight excluding hydrogens is 274 g/mol. The predicted molar refractivity (Wildman–Crippen MR) is 67.8 cm³/mol. The molecule has 1 unspecified atom stereocenters. The molecule has 18 heavy (non-hydrogen) atoms. The topological polar surface area (TPSA) is 82.0 Å². The zero-order chi connectivity index (χ0) is 13.2. The van der Waals surface area contributed by atoms with Gasteiger partial charge < -0.3 is 5.32 Å². The van der Waals surface area contributed by atoms with Gasteiger partial charge in [0.15, 0.2) is 0 Å². The molecule has 1 saturated heterocycles. The summed E-state index contributed by atoms with van der Waals surface area (Å²) >= 11 is 5.77. The second kappa shape index (κ2) is 5.24. The van der Waals surface area contributed by atoms with Crippen molar-refractivity contribution in [3.8, 4) is 6.07 Å². The monoisotopic (exact) mass is 285 g/mol. The van der Waals surface area contributed by atoms with E-state index < -0.39 is 10.0 Å². The van der Waals surface area contributed by atoms with Gasteiger partial charge in [0.1, 0.15) is 6.07 Å². The molecule has 0 spiro atoms. The second-order valence-electron chi connectivity index (χ2n) is 4.06. The molecule has 1 aromatic carbocycles. The standard InChI is InChI=1S/C11H12ClN3O2S/c12-11-2-1-10(5-8(11)6-13)18(16,17)15-9-3-4-14-7-9/h1-2,5,9,14-15H,3-4,7H2. The molecule has 1 aliphatic rings. The van der Waals surface area contributed by atoms with Gasteiger partial charge >= 0.3 is 0 Å². The summed E-state index contributed by atoms with van der Waals surface area (Å²) in [6, 6.07) is 5.86. The van der Waals surface area contributed by atoms with E-state index in [4.69, 9.17) is 16.9 Å². The Kier molecular flexibility index (Phi) is 3.88. The average Bonchev–Trinajstić information content (AvgIpc) is 2.81. The van der Waals surface area contributed by atoms with Crippen molar-refractivity contribution in [1.82, 2.24) is 10.0 Å². The van der Waals surface area contributed by atoms with Crippen LogP contribution in [-0.4, -0.2) is 27.5 Å². The minimum absolute atomic E-state index is 0.0651. The number of rotatable bonds is 3. The van der Waals surface area contributed by atoms with Crippen LogP contribution < -0.4 is 10.0 Å². The molecule has 1 aliphatic heterocycles. The van der Waals surface area contributed by atoms with Crippen LogP contribution in [0.3, 0.4) is 0 Å². The van der Waals surface area contributed by atoms with Crippen molar-refractivity contribution < 1.29 is 8.42 Å². The molecule has 0 radical (unpaired) electrons. The minimum Gasteiger partial charge on any atom is -0.315 e. The number of halogens is 1. The van der Waals surface area contributed by atoms with Crippen molar-refractivity contribution >= 4 is 21.6 Å². The third-order valence-electron chi connectivity index (χ3n) is 2.75. The molecule has 1 atom stereocenters. The van der Waals surface area contributed by atoms with E-state index in [0.29, 0.717) is 6.54 Å². The summed E-state index contributed by atoms with van der Waals surface area (Å²) in [5.41, 5.74) is 0.157. The van der Waals surface area contributed by atoms with Gasteiger partial charge in [-0.1, -0.05) is 11.6 Å². The van der Waals surface area contributed by atoms with E-state index >= 15 is 0 Å². The molecule has 0 aliphatic carbocycles. The Morgan fingerprint density at radius 3 is 2.89 bits per heavy atom. The first-order valence-corrected chi connectivity index (χ1v) is 7.32. The van der Waals surface area contributed by atoms with Crippen LogP contribution in [0.15, 0.2) is 23.1 Å². The SMILES string of the molecule is N#Cc1cc(S(=O)(=O)NC2CCNC2)ccc1Cl. The third kappa shape index (κ3) is 2.82. The summed E-state index contributed by atoms with van der Waals surface area (Å²) in [5.74, 6) is 0. The van der Waals surface area contributed by atoms with Crippen molar-refractivity contribution in [2.45, 2.75) is 17.4 Å². The molecule has 1 heterocycles. The molecule has 0 bridgehead atoms. The van der Waals surface area contributed by atoms with Crippen molar-refractivity contribution in [3.05, 3.63) is 28.8 Å². The average molecular weight is 286 g/mol. The number of benzene rings is 1. The van der Waals surface area contributed by atoms with Crippen molar-refractivity contribution in [3.63, 3.8) is 0 Å². The Balaban J connectivity index is 2.27. The third-order valence-corrected chi connectivity index (χ3v) is 4.60. The maximum Gasteiger partial charge on any atom is 0.240 e. The van der Waals surface area contributed by atoms with Crippen LogP contribution in [0.25, 0.3) is 0 Å². The highest BCUT2D eigenvalue weighted by atomic mass is 35.5. The van der Waals surface area contributed by atoms with Gasteiger partial charge in [-0.15, -0.1) is 0 Å². The molecule has 0 aromatic heterocycles. The zero-order valence-electron chi connectivity index (χ0n) is 9.48. The largest absolute Gasteiger partial charge is 0.315 e. The fourth-order valence-corrected chi connectivity index (χ4v) is 3.26. The van der Waals surface area contributed by atoms with Crippen LogP contribution in [0.2, 0.25) is 5.02 Å². The normalized spacial score (nSPS) is 19.7. The van der Waals surface area contributed by atoms with E-state index in [1.54, 1.807) is 0 Å². The lowest BCUT2D eigenvalue weighted by Gasteiger charge is -2.12. The maximum atomic E-state index is 12.1. The predicted octanol–water partition coefficient (Wildman–Crippen LogP) is 0.852. The summed E-state index contributed by atoms with van der Waals surface area (Å²) in [6.45, 7) is 1.43. The summed E-state index contributed by atoms with van der Waals surface area (Å²) in [6.07, 6.45) is 0.762. The van der Waals surface area contributed by atoms with Gasteiger partial charge in [0.2, 0.25) is 10.0 Å². The molecule has 1 fully saturated rings. The fraction of sp³-hybridized carbons (Fsp3) is 0.364. The summed E-state index contributed by atoms with van der Waals surface area (Å²) in [5, 5.41) is 12.2. The Labute approximate surface area is 111 Å². The molecule has 0 saturated carbocycles. The molecular formula is C11H12ClN3O2S. The molecule has 5 nitrogen and oxygen atoms in total. The van der Waals surface area contributed by atoms with Crippen molar-refractivity contribution in [2.75, 3.05) is 13.1 Å². The number of nitrogens with one attached hydrogen (secondary N) is 2. The van der Waals surface area contributed by atoms with Crippen LogP contribution >= 0.6 is 11.6 Å². The van der Waals surface area contributed by atoms with E-state index in [-0.39, 0.29) is 21.5 Å². The first-order valence-electron chi connectivity index (χ1n) is 5.45. The maximum absolute atomic E-state index is 12.1.